The Morgan fingerprint density at radius 2 is 1.82 bits per heavy atom. The van der Waals surface area contributed by atoms with Gasteiger partial charge in [0.2, 0.25) is 17.6 Å². The molecule has 1 aromatic carbocycles. The van der Waals surface area contributed by atoms with Gasteiger partial charge in [-0.1, -0.05) is 11.2 Å². The highest BCUT2D eigenvalue weighted by Crippen LogP contribution is 2.44. The fourth-order valence-electron chi connectivity index (χ4n) is 7.01. The van der Waals surface area contributed by atoms with Crippen molar-refractivity contribution in [1.82, 2.24) is 30.2 Å². The van der Waals surface area contributed by atoms with Gasteiger partial charge in [0, 0.05) is 81.6 Å². The Morgan fingerprint density at radius 1 is 1.02 bits per heavy atom. The predicted octanol–water partition coefficient (Wildman–Crippen LogP) is 3.71. The summed E-state index contributed by atoms with van der Waals surface area (Å²) in [6, 6.07) is 7.51. The Kier molecular flexibility index (Phi) is 10.9. The van der Waals surface area contributed by atoms with Crippen LogP contribution in [0.2, 0.25) is 0 Å². The number of hydrogen-bond donors (Lipinski definition) is 1. The molecule has 2 aliphatic rings. The molecule has 0 radical (unpaired) electrons. The van der Waals surface area contributed by atoms with Crippen LogP contribution in [-0.2, 0) is 22.6 Å². The molecule has 1 saturated heterocycles. The maximum atomic E-state index is 14.2. The first-order chi connectivity index (χ1) is 24.7. The lowest BCUT2D eigenvalue weighted by Crippen LogP contribution is -2.43. The van der Waals surface area contributed by atoms with Crippen LogP contribution in [-0.4, -0.2) is 103 Å². The SMILES string of the molecule is COc1cc2nc3c(cc2c(OC)c1OC)CN(C(=O)Cc1cccnc1)CCN(C(=O)c1c(C)noc1C)CCC(=O)NCC1CCCN3C1. The summed E-state index contributed by atoms with van der Waals surface area (Å²) in [4.78, 5) is 56.4. The van der Waals surface area contributed by atoms with E-state index in [1.807, 2.05) is 18.2 Å². The van der Waals surface area contributed by atoms with Gasteiger partial charge < -0.3 is 38.8 Å². The van der Waals surface area contributed by atoms with E-state index in [0.717, 1.165) is 36.3 Å². The van der Waals surface area contributed by atoms with Gasteiger partial charge in [0.1, 0.15) is 17.1 Å². The quantitative estimate of drug-likeness (QED) is 0.314. The van der Waals surface area contributed by atoms with Crippen molar-refractivity contribution >= 4 is 34.4 Å². The Morgan fingerprint density at radius 3 is 2.53 bits per heavy atom. The number of carbonyl (C=O) groups excluding carboxylic acids is 3. The van der Waals surface area contributed by atoms with Crippen LogP contribution in [0.25, 0.3) is 10.9 Å². The van der Waals surface area contributed by atoms with E-state index in [0.29, 0.717) is 58.3 Å². The summed E-state index contributed by atoms with van der Waals surface area (Å²) in [6.45, 7) is 6.10. The molecule has 1 fully saturated rings. The number of nitrogens with zero attached hydrogens (tertiary/aromatic N) is 6. The molecule has 1 atom stereocenters. The molecule has 270 valence electrons. The smallest absolute Gasteiger partial charge is 0.259 e. The number of aryl methyl sites for hydroxylation is 2. The van der Waals surface area contributed by atoms with Gasteiger partial charge >= 0.3 is 0 Å². The van der Waals surface area contributed by atoms with Crippen LogP contribution in [0.4, 0.5) is 5.82 Å². The number of amides is 3. The van der Waals surface area contributed by atoms with E-state index in [2.05, 4.69) is 20.4 Å². The molecule has 0 saturated carbocycles. The van der Waals surface area contributed by atoms with Crippen molar-refractivity contribution in [3.63, 3.8) is 0 Å². The zero-order valence-corrected chi connectivity index (χ0v) is 29.9. The summed E-state index contributed by atoms with van der Waals surface area (Å²) in [6.07, 6.45) is 5.45. The number of pyridine rings is 2. The molecule has 5 heterocycles. The molecule has 2 aliphatic heterocycles. The van der Waals surface area contributed by atoms with Crippen LogP contribution in [0.15, 0.2) is 41.2 Å². The minimum atomic E-state index is -0.302. The third-order valence-corrected chi connectivity index (χ3v) is 9.66. The average molecular weight is 700 g/mol. The van der Waals surface area contributed by atoms with Gasteiger partial charge in [-0.3, -0.25) is 19.4 Å². The number of fused-ring (bicyclic) bond motifs is 5. The van der Waals surface area contributed by atoms with Crippen molar-refractivity contribution in [3.05, 3.63) is 64.8 Å². The molecule has 1 unspecified atom stereocenters. The number of aromatic nitrogens is 3. The first-order valence-corrected chi connectivity index (χ1v) is 17.2. The largest absolute Gasteiger partial charge is 0.493 e. The Bertz CT molecular complexity index is 1880. The van der Waals surface area contributed by atoms with Crippen molar-refractivity contribution in [2.24, 2.45) is 5.92 Å². The van der Waals surface area contributed by atoms with Crippen molar-refractivity contribution in [1.29, 1.82) is 0 Å². The normalized spacial score (nSPS) is 17.2. The van der Waals surface area contributed by atoms with Gasteiger partial charge in [0.15, 0.2) is 11.5 Å². The number of ether oxygens (including phenoxy) is 3. The standard InChI is InChI=1S/C37H45N7O7/c1-23-33(24(2)51-41-23)37(47)42-13-10-31(45)39-20-26-9-7-12-44(21-26)36-27(22-43(15-14-42)32(46)16-25-8-6-11-38-19-25)17-28-29(40-36)18-30(48-3)35(50-5)34(28)49-4/h6,8,11,17-19,26H,7,9-10,12-16,20-22H2,1-5H3,(H,39,45). The number of benzene rings is 1. The van der Waals surface area contributed by atoms with Gasteiger partial charge in [-0.05, 0) is 50.3 Å². The molecule has 14 heteroatoms. The number of methoxy groups -OCH3 is 3. The molecular formula is C37H45N7O7. The fourth-order valence-corrected chi connectivity index (χ4v) is 7.01. The second kappa shape index (κ2) is 15.7. The Hall–Kier alpha value is -5.40. The second-order valence-electron chi connectivity index (χ2n) is 13.0. The van der Waals surface area contributed by atoms with Crippen LogP contribution in [0.5, 0.6) is 17.2 Å². The van der Waals surface area contributed by atoms with Crippen molar-refractivity contribution < 1.29 is 33.1 Å². The van der Waals surface area contributed by atoms with E-state index in [-0.39, 0.29) is 62.7 Å². The predicted molar refractivity (Wildman–Crippen MR) is 189 cm³/mol. The average Bonchev–Trinajstić information content (AvgIpc) is 3.48. The highest BCUT2D eigenvalue weighted by atomic mass is 16.5. The van der Waals surface area contributed by atoms with Crippen LogP contribution >= 0.6 is 0 Å². The van der Waals surface area contributed by atoms with Crippen molar-refractivity contribution in [2.45, 2.75) is 46.1 Å². The minimum Gasteiger partial charge on any atom is -0.493 e. The topological polar surface area (TPSA) is 152 Å². The van der Waals surface area contributed by atoms with Crippen LogP contribution < -0.4 is 24.4 Å². The lowest BCUT2D eigenvalue weighted by molar-refractivity contribution is -0.131. The molecule has 3 aromatic heterocycles. The molecule has 3 amide bonds. The molecule has 1 N–H and O–H groups in total. The summed E-state index contributed by atoms with van der Waals surface area (Å²) in [5.74, 6) is 2.15. The molecule has 14 nitrogen and oxygen atoms in total. The van der Waals surface area contributed by atoms with Crippen LogP contribution in [0.1, 0.15) is 52.2 Å². The Labute approximate surface area is 297 Å². The number of rotatable bonds is 6. The number of hydrogen-bond acceptors (Lipinski definition) is 11. The third-order valence-electron chi connectivity index (χ3n) is 9.66. The van der Waals surface area contributed by atoms with Gasteiger partial charge in [0.25, 0.3) is 5.91 Å². The molecule has 51 heavy (non-hydrogen) atoms. The van der Waals surface area contributed by atoms with Crippen LogP contribution in [0, 0.1) is 19.8 Å². The first-order valence-electron chi connectivity index (χ1n) is 17.2. The number of nitrogens with one attached hydrogen (secondary N) is 1. The lowest BCUT2D eigenvalue weighted by Gasteiger charge is -2.35. The molecule has 0 aliphatic carbocycles. The third kappa shape index (κ3) is 7.69. The summed E-state index contributed by atoms with van der Waals surface area (Å²) in [5, 5.41) is 7.79. The first kappa shape index (κ1) is 35.4. The molecule has 4 aromatic rings. The summed E-state index contributed by atoms with van der Waals surface area (Å²) >= 11 is 0. The maximum Gasteiger partial charge on any atom is 0.259 e. The Balaban J connectivity index is 1.46. The van der Waals surface area contributed by atoms with Crippen LogP contribution in [0.3, 0.4) is 0 Å². The van der Waals surface area contributed by atoms with E-state index >= 15 is 0 Å². The number of carbonyl (C=O) groups is 3. The number of piperidine rings is 1. The highest BCUT2D eigenvalue weighted by Gasteiger charge is 2.30. The monoisotopic (exact) mass is 699 g/mol. The highest BCUT2D eigenvalue weighted by molar-refractivity contribution is 5.96. The van der Waals surface area contributed by atoms with Gasteiger partial charge in [-0.25, -0.2) is 4.98 Å². The van der Waals surface area contributed by atoms with Gasteiger partial charge in [0.05, 0.1) is 39.0 Å². The molecule has 0 spiro atoms. The van der Waals surface area contributed by atoms with Gasteiger partial charge in [-0.2, -0.15) is 0 Å². The zero-order chi connectivity index (χ0) is 36.1. The summed E-state index contributed by atoms with van der Waals surface area (Å²) < 4.78 is 22.5. The molecule has 2 bridgehead atoms. The van der Waals surface area contributed by atoms with Crippen molar-refractivity contribution in [3.8, 4) is 17.2 Å². The fraction of sp³-hybridized carbons (Fsp3) is 0.459. The minimum absolute atomic E-state index is 0.116. The summed E-state index contributed by atoms with van der Waals surface area (Å²) in [7, 11) is 4.70. The summed E-state index contributed by atoms with van der Waals surface area (Å²) in [5.41, 5.74) is 3.07. The van der Waals surface area contributed by atoms with E-state index in [4.69, 9.17) is 23.7 Å². The van der Waals surface area contributed by atoms with E-state index in [9.17, 15) is 14.4 Å². The van der Waals surface area contributed by atoms with Crippen molar-refractivity contribution in [2.75, 3.05) is 65.5 Å². The molecule has 6 rings (SSSR count). The number of anilines is 1. The van der Waals surface area contributed by atoms with E-state index < -0.39 is 0 Å². The van der Waals surface area contributed by atoms with E-state index in [1.165, 1.54) is 0 Å². The zero-order valence-electron chi connectivity index (χ0n) is 29.9. The second-order valence-corrected chi connectivity index (χ2v) is 13.0. The molecular weight excluding hydrogens is 654 g/mol. The van der Waals surface area contributed by atoms with E-state index in [1.54, 1.807) is 63.4 Å². The van der Waals surface area contributed by atoms with Gasteiger partial charge in [-0.15, -0.1) is 0 Å². The lowest BCUT2D eigenvalue weighted by atomic mass is 9.97. The maximum absolute atomic E-state index is 14.2.